The standard InChI is InChI=1S/C39H23N3O/c1-3-11-24(12-4-1)37-40-38(25-13-5-2-6-14-25)42-39(41-37)26-19-20-28-31-21-22-32-29-16-9-10-18-34(29)43-36(32)35(31)30-17-8-7-15-27(30)33(28)23-26/h1-23H. The summed E-state index contributed by atoms with van der Waals surface area (Å²) in [5.41, 5.74) is 4.69. The van der Waals surface area contributed by atoms with E-state index in [1.165, 1.54) is 10.8 Å². The molecule has 9 rings (SSSR count). The fraction of sp³-hybridized carbons (Fsp3) is 0. The molecule has 0 atom stereocenters. The minimum Gasteiger partial charge on any atom is -0.455 e. The third-order valence-corrected chi connectivity index (χ3v) is 8.30. The fourth-order valence-corrected chi connectivity index (χ4v) is 6.30. The smallest absolute Gasteiger partial charge is 0.164 e. The van der Waals surface area contributed by atoms with Crippen LogP contribution in [0.1, 0.15) is 0 Å². The number of hydrogen-bond donors (Lipinski definition) is 0. The number of nitrogens with zero attached hydrogens (tertiary/aromatic N) is 3. The van der Waals surface area contributed by atoms with E-state index in [1.807, 2.05) is 72.8 Å². The maximum atomic E-state index is 6.50. The molecule has 0 aliphatic rings. The Kier molecular flexibility index (Phi) is 5.16. The second-order valence-corrected chi connectivity index (χ2v) is 10.8. The number of para-hydroxylation sites is 1. The van der Waals surface area contributed by atoms with Crippen LogP contribution in [0.25, 0.3) is 88.4 Å². The van der Waals surface area contributed by atoms with E-state index in [1.54, 1.807) is 0 Å². The maximum absolute atomic E-state index is 6.50. The zero-order chi connectivity index (χ0) is 28.3. The minimum atomic E-state index is 0.645. The molecule has 0 radical (unpaired) electrons. The van der Waals surface area contributed by atoms with Crippen molar-refractivity contribution in [1.82, 2.24) is 15.0 Å². The summed E-state index contributed by atoms with van der Waals surface area (Å²) in [4.78, 5) is 14.8. The monoisotopic (exact) mass is 549 g/mol. The van der Waals surface area contributed by atoms with Crippen molar-refractivity contribution in [3.05, 3.63) is 140 Å². The fourth-order valence-electron chi connectivity index (χ4n) is 6.30. The van der Waals surface area contributed by atoms with Gasteiger partial charge >= 0.3 is 0 Å². The maximum Gasteiger partial charge on any atom is 0.164 e. The van der Waals surface area contributed by atoms with Gasteiger partial charge in [-0.25, -0.2) is 15.0 Å². The predicted octanol–water partition coefficient (Wildman–Crippen LogP) is 10.2. The SMILES string of the molecule is c1ccc(-c2nc(-c3ccccc3)nc(-c3ccc4c(c3)c3ccccc3c3c4ccc4c5ccccc5oc43)n2)cc1. The summed E-state index contributed by atoms with van der Waals surface area (Å²) >= 11 is 0. The van der Waals surface area contributed by atoms with Gasteiger partial charge in [-0.15, -0.1) is 0 Å². The Morgan fingerprint density at radius 2 is 0.837 bits per heavy atom. The van der Waals surface area contributed by atoms with Gasteiger partial charge in [-0.2, -0.15) is 0 Å². The van der Waals surface area contributed by atoms with Crippen LogP contribution in [0.15, 0.2) is 144 Å². The van der Waals surface area contributed by atoms with Crippen molar-refractivity contribution < 1.29 is 4.42 Å². The molecule has 0 aliphatic carbocycles. The number of hydrogen-bond acceptors (Lipinski definition) is 4. The minimum absolute atomic E-state index is 0.645. The molecule has 0 spiro atoms. The Labute approximate surface area is 246 Å². The van der Waals surface area contributed by atoms with Crippen molar-refractivity contribution in [3.8, 4) is 34.2 Å². The molecule has 2 aromatic heterocycles. The first-order valence-electron chi connectivity index (χ1n) is 14.4. The van der Waals surface area contributed by atoms with Gasteiger partial charge in [0.05, 0.1) is 0 Å². The van der Waals surface area contributed by atoms with Crippen LogP contribution in [-0.2, 0) is 0 Å². The molecule has 0 aliphatic heterocycles. The summed E-state index contributed by atoms with van der Waals surface area (Å²) in [5.74, 6) is 1.95. The van der Waals surface area contributed by atoms with Crippen LogP contribution in [0.4, 0.5) is 0 Å². The first kappa shape index (κ1) is 23.8. The molecule has 0 bridgehead atoms. The Morgan fingerprint density at radius 1 is 0.349 bits per heavy atom. The largest absolute Gasteiger partial charge is 0.455 e. The van der Waals surface area contributed by atoms with E-state index in [2.05, 4.69) is 66.7 Å². The molecule has 7 aromatic carbocycles. The highest BCUT2D eigenvalue weighted by atomic mass is 16.3. The first-order chi connectivity index (χ1) is 21.3. The molecule has 4 heteroatoms. The van der Waals surface area contributed by atoms with Gasteiger partial charge in [-0.3, -0.25) is 0 Å². The zero-order valence-electron chi connectivity index (χ0n) is 23.0. The quantitative estimate of drug-likeness (QED) is 0.206. The van der Waals surface area contributed by atoms with Crippen molar-refractivity contribution >= 4 is 54.3 Å². The predicted molar refractivity (Wildman–Crippen MR) is 176 cm³/mol. The highest BCUT2D eigenvalue weighted by Gasteiger charge is 2.18. The topological polar surface area (TPSA) is 51.8 Å². The summed E-state index contributed by atoms with van der Waals surface area (Å²) in [6.45, 7) is 0. The van der Waals surface area contributed by atoms with Crippen LogP contribution >= 0.6 is 0 Å². The van der Waals surface area contributed by atoms with Crippen molar-refractivity contribution in [2.75, 3.05) is 0 Å². The number of aromatic nitrogens is 3. The van der Waals surface area contributed by atoms with Crippen LogP contribution in [0.3, 0.4) is 0 Å². The Hall–Kier alpha value is -5.87. The van der Waals surface area contributed by atoms with Crippen LogP contribution in [0.5, 0.6) is 0 Å². The summed E-state index contributed by atoms with van der Waals surface area (Å²) in [6.07, 6.45) is 0. The summed E-state index contributed by atoms with van der Waals surface area (Å²) in [5, 5.41) is 9.23. The lowest BCUT2D eigenvalue weighted by Gasteiger charge is -2.13. The number of rotatable bonds is 3. The molecule has 0 saturated heterocycles. The van der Waals surface area contributed by atoms with Crippen LogP contribution in [0.2, 0.25) is 0 Å². The van der Waals surface area contributed by atoms with E-state index in [9.17, 15) is 0 Å². The van der Waals surface area contributed by atoms with Crippen molar-refractivity contribution in [1.29, 1.82) is 0 Å². The molecule has 200 valence electrons. The molecule has 0 saturated carbocycles. The molecule has 0 amide bonds. The third kappa shape index (κ3) is 3.74. The molecule has 2 heterocycles. The average Bonchev–Trinajstić information content (AvgIpc) is 3.47. The van der Waals surface area contributed by atoms with Gasteiger partial charge in [0.1, 0.15) is 11.2 Å². The summed E-state index contributed by atoms with van der Waals surface area (Å²) < 4.78 is 6.50. The first-order valence-corrected chi connectivity index (χ1v) is 14.4. The third-order valence-electron chi connectivity index (χ3n) is 8.30. The van der Waals surface area contributed by atoms with E-state index in [4.69, 9.17) is 19.4 Å². The number of furan rings is 1. The Morgan fingerprint density at radius 3 is 1.53 bits per heavy atom. The van der Waals surface area contributed by atoms with Gasteiger partial charge in [0.25, 0.3) is 0 Å². The molecular formula is C39H23N3O. The van der Waals surface area contributed by atoms with Crippen LogP contribution < -0.4 is 0 Å². The molecule has 0 fully saturated rings. The van der Waals surface area contributed by atoms with Crippen molar-refractivity contribution in [2.24, 2.45) is 0 Å². The molecule has 0 unspecified atom stereocenters. The van der Waals surface area contributed by atoms with Gasteiger partial charge in [-0.1, -0.05) is 121 Å². The van der Waals surface area contributed by atoms with E-state index in [0.29, 0.717) is 17.5 Å². The lowest BCUT2D eigenvalue weighted by molar-refractivity contribution is 0.673. The molecule has 0 N–H and O–H groups in total. The second-order valence-electron chi connectivity index (χ2n) is 10.8. The Bertz CT molecular complexity index is 2420. The van der Waals surface area contributed by atoms with Gasteiger partial charge in [-0.05, 0) is 45.1 Å². The van der Waals surface area contributed by atoms with Crippen LogP contribution in [0, 0.1) is 0 Å². The zero-order valence-corrected chi connectivity index (χ0v) is 23.0. The second kappa shape index (κ2) is 9.33. The Balaban J connectivity index is 1.33. The van der Waals surface area contributed by atoms with Gasteiger partial charge in [0.15, 0.2) is 17.5 Å². The van der Waals surface area contributed by atoms with Gasteiger partial charge < -0.3 is 4.42 Å². The number of fused-ring (bicyclic) bond motifs is 10. The van der Waals surface area contributed by atoms with Gasteiger partial charge in [0, 0.05) is 32.8 Å². The summed E-state index contributed by atoms with van der Waals surface area (Å²) in [7, 11) is 0. The molecule has 43 heavy (non-hydrogen) atoms. The van der Waals surface area contributed by atoms with Crippen molar-refractivity contribution in [3.63, 3.8) is 0 Å². The van der Waals surface area contributed by atoms with Crippen molar-refractivity contribution in [2.45, 2.75) is 0 Å². The highest BCUT2D eigenvalue weighted by Crippen LogP contribution is 2.42. The normalized spacial score (nSPS) is 11.7. The molecule has 9 aromatic rings. The van der Waals surface area contributed by atoms with Gasteiger partial charge in [0.2, 0.25) is 0 Å². The highest BCUT2D eigenvalue weighted by molar-refractivity contribution is 6.32. The molecular weight excluding hydrogens is 526 g/mol. The molecule has 4 nitrogen and oxygen atoms in total. The number of benzene rings is 7. The lowest BCUT2D eigenvalue weighted by atomic mass is 9.92. The van der Waals surface area contributed by atoms with E-state index in [0.717, 1.165) is 60.2 Å². The summed E-state index contributed by atoms with van der Waals surface area (Å²) in [6, 6.07) is 48.0. The van der Waals surface area contributed by atoms with E-state index < -0.39 is 0 Å². The van der Waals surface area contributed by atoms with E-state index >= 15 is 0 Å². The average molecular weight is 550 g/mol. The van der Waals surface area contributed by atoms with Crippen LogP contribution in [-0.4, -0.2) is 15.0 Å². The lowest BCUT2D eigenvalue weighted by Crippen LogP contribution is -2.00. The van der Waals surface area contributed by atoms with E-state index in [-0.39, 0.29) is 0 Å².